The van der Waals surface area contributed by atoms with Crippen molar-refractivity contribution in [2.24, 2.45) is 0 Å². The van der Waals surface area contributed by atoms with Crippen LogP contribution in [0, 0.1) is 6.92 Å². The molecule has 82 valence electrons. The lowest BCUT2D eigenvalue weighted by molar-refractivity contribution is -0.0503. The molecule has 0 saturated heterocycles. The summed E-state index contributed by atoms with van der Waals surface area (Å²) in [5.74, 6) is -1.64. The minimum atomic E-state index is -3.04. The SMILES string of the molecule is Cc1cc(Br)cc(OC(F)F)c1C(=O)O. The van der Waals surface area contributed by atoms with E-state index in [9.17, 15) is 13.6 Å². The van der Waals surface area contributed by atoms with Crippen LogP contribution in [-0.4, -0.2) is 17.7 Å². The summed E-state index contributed by atoms with van der Waals surface area (Å²) in [7, 11) is 0. The third-order valence-corrected chi connectivity index (χ3v) is 2.15. The summed E-state index contributed by atoms with van der Waals surface area (Å²) in [6.07, 6.45) is 0. The second-order valence-corrected chi connectivity index (χ2v) is 3.70. The van der Waals surface area contributed by atoms with Gasteiger partial charge in [0.05, 0.1) is 0 Å². The average Bonchev–Trinajstić information content (AvgIpc) is 1.99. The predicted molar refractivity (Wildman–Crippen MR) is 52.5 cm³/mol. The summed E-state index contributed by atoms with van der Waals surface area (Å²) in [6.45, 7) is -1.54. The van der Waals surface area contributed by atoms with Crippen LogP contribution in [0.25, 0.3) is 0 Å². The highest BCUT2D eigenvalue weighted by Gasteiger charge is 2.18. The van der Waals surface area contributed by atoms with Gasteiger partial charge in [-0.15, -0.1) is 0 Å². The maximum atomic E-state index is 12.0. The van der Waals surface area contributed by atoms with Crippen molar-refractivity contribution in [1.82, 2.24) is 0 Å². The van der Waals surface area contributed by atoms with Crippen molar-refractivity contribution < 1.29 is 23.4 Å². The van der Waals surface area contributed by atoms with Crippen LogP contribution in [0.5, 0.6) is 5.75 Å². The van der Waals surface area contributed by atoms with E-state index in [-0.39, 0.29) is 11.3 Å². The zero-order valence-corrected chi connectivity index (χ0v) is 9.22. The number of hydrogen-bond donors (Lipinski definition) is 1. The number of carbonyl (C=O) groups is 1. The number of rotatable bonds is 3. The highest BCUT2D eigenvalue weighted by Crippen LogP contribution is 2.28. The standard InChI is InChI=1S/C9H7BrF2O3/c1-4-2-5(10)3-6(15-9(11)12)7(4)8(13)14/h2-3,9H,1H3,(H,13,14). The number of aryl methyl sites for hydroxylation is 1. The van der Waals surface area contributed by atoms with Crippen LogP contribution in [-0.2, 0) is 0 Å². The molecule has 3 nitrogen and oxygen atoms in total. The lowest BCUT2D eigenvalue weighted by atomic mass is 10.1. The van der Waals surface area contributed by atoms with E-state index in [1.54, 1.807) is 0 Å². The van der Waals surface area contributed by atoms with E-state index in [0.29, 0.717) is 10.0 Å². The van der Waals surface area contributed by atoms with Crippen LogP contribution >= 0.6 is 15.9 Å². The van der Waals surface area contributed by atoms with E-state index >= 15 is 0 Å². The van der Waals surface area contributed by atoms with E-state index < -0.39 is 12.6 Å². The van der Waals surface area contributed by atoms with Gasteiger partial charge in [-0.2, -0.15) is 8.78 Å². The molecule has 0 spiro atoms. The van der Waals surface area contributed by atoms with E-state index in [0.717, 1.165) is 0 Å². The number of benzene rings is 1. The number of halogens is 3. The second-order valence-electron chi connectivity index (χ2n) is 2.78. The number of carboxylic acids is 1. The molecule has 0 radical (unpaired) electrons. The van der Waals surface area contributed by atoms with Crippen molar-refractivity contribution in [2.75, 3.05) is 0 Å². The molecule has 0 unspecified atom stereocenters. The Labute approximate surface area is 92.8 Å². The van der Waals surface area contributed by atoms with Gasteiger partial charge in [-0.25, -0.2) is 4.79 Å². The van der Waals surface area contributed by atoms with Gasteiger partial charge in [0.2, 0.25) is 0 Å². The smallest absolute Gasteiger partial charge is 0.387 e. The maximum Gasteiger partial charge on any atom is 0.387 e. The van der Waals surface area contributed by atoms with E-state index in [4.69, 9.17) is 5.11 Å². The second kappa shape index (κ2) is 4.57. The number of ether oxygens (including phenoxy) is 1. The van der Waals surface area contributed by atoms with E-state index in [1.165, 1.54) is 19.1 Å². The molecule has 0 aromatic heterocycles. The molecule has 1 rings (SSSR count). The molecule has 15 heavy (non-hydrogen) atoms. The lowest BCUT2D eigenvalue weighted by Crippen LogP contribution is -2.09. The first-order chi connectivity index (χ1) is 6.91. The zero-order valence-electron chi connectivity index (χ0n) is 7.63. The summed E-state index contributed by atoms with van der Waals surface area (Å²) >= 11 is 3.07. The molecule has 0 aliphatic heterocycles. The summed E-state index contributed by atoms with van der Waals surface area (Å²) < 4.78 is 28.6. The van der Waals surface area contributed by atoms with Gasteiger partial charge in [0, 0.05) is 4.47 Å². The molecule has 0 atom stereocenters. The molecule has 1 aromatic carbocycles. The highest BCUT2D eigenvalue weighted by atomic mass is 79.9. The van der Waals surface area contributed by atoms with Gasteiger partial charge in [0.1, 0.15) is 11.3 Å². The molecule has 0 aliphatic rings. The lowest BCUT2D eigenvalue weighted by Gasteiger charge is -2.10. The molecule has 0 saturated carbocycles. The number of aromatic carboxylic acids is 1. The van der Waals surface area contributed by atoms with Crippen molar-refractivity contribution in [1.29, 1.82) is 0 Å². The molecular weight excluding hydrogens is 274 g/mol. The van der Waals surface area contributed by atoms with Crippen molar-refractivity contribution in [3.05, 3.63) is 27.7 Å². The van der Waals surface area contributed by atoms with E-state index in [1.807, 2.05) is 0 Å². The Balaban J connectivity index is 3.27. The van der Waals surface area contributed by atoms with Gasteiger partial charge in [0.15, 0.2) is 0 Å². The Morgan fingerprint density at radius 2 is 2.13 bits per heavy atom. The Kier molecular flexibility index (Phi) is 3.62. The Morgan fingerprint density at radius 1 is 1.53 bits per heavy atom. The number of alkyl halides is 2. The van der Waals surface area contributed by atoms with Gasteiger partial charge in [-0.3, -0.25) is 0 Å². The third kappa shape index (κ3) is 2.89. The van der Waals surface area contributed by atoms with Crippen LogP contribution in [0.3, 0.4) is 0 Å². The first-order valence-corrected chi connectivity index (χ1v) is 4.69. The van der Waals surface area contributed by atoms with Crippen LogP contribution in [0.2, 0.25) is 0 Å². The quantitative estimate of drug-likeness (QED) is 0.926. The van der Waals surface area contributed by atoms with Gasteiger partial charge >= 0.3 is 12.6 Å². The Morgan fingerprint density at radius 3 is 2.60 bits per heavy atom. The maximum absolute atomic E-state index is 12.0. The average molecular weight is 281 g/mol. The summed E-state index contributed by atoms with van der Waals surface area (Å²) in [4.78, 5) is 10.8. The largest absolute Gasteiger partial charge is 0.478 e. The molecular formula is C9H7BrF2O3. The third-order valence-electron chi connectivity index (χ3n) is 1.69. The highest BCUT2D eigenvalue weighted by molar-refractivity contribution is 9.10. The fraction of sp³-hybridized carbons (Fsp3) is 0.222. The van der Waals surface area contributed by atoms with E-state index in [2.05, 4.69) is 20.7 Å². The van der Waals surface area contributed by atoms with Crippen molar-refractivity contribution in [3.8, 4) is 5.75 Å². The summed E-state index contributed by atoms with van der Waals surface area (Å²) in [5, 5.41) is 8.81. The zero-order chi connectivity index (χ0) is 11.6. The van der Waals surface area contributed by atoms with Gasteiger partial charge < -0.3 is 9.84 Å². The summed E-state index contributed by atoms with van der Waals surface area (Å²) in [5.41, 5.74) is 0.103. The molecule has 0 heterocycles. The van der Waals surface area contributed by atoms with Crippen molar-refractivity contribution in [2.45, 2.75) is 13.5 Å². The van der Waals surface area contributed by atoms with Gasteiger partial charge in [-0.1, -0.05) is 15.9 Å². The molecule has 6 heteroatoms. The molecule has 0 aliphatic carbocycles. The monoisotopic (exact) mass is 280 g/mol. The molecule has 0 amide bonds. The topological polar surface area (TPSA) is 46.5 Å². The molecule has 1 N–H and O–H groups in total. The minimum Gasteiger partial charge on any atom is -0.478 e. The Hall–Kier alpha value is -1.17. The molecule has 1 aromatic rings. The van der Waals surface area contributed by atoms with Crippen molar-refractivity contribution in [3.63, 3.8) is 0 Å². The molecule has 0 bridgehead atoms. The van der Waals surface area contributed by atoms with Crippen LogP contribution < -0.4 is 4.74 Å². The van der Waals surface area contributed by atoms with Gasteiger partial charge in [0.25, 0.3) is 0 Å². The molecule has 0 fully saturated rings. The Bertz CT molecular complexity index is 393. The van der Waals surface area contributed by atoms with Crippen LogP contribution in [0.1, 0.15) is 15.9 Å². The first kappa shape index (κ1) is 11.9. The minimum absolute atomic E-state index is 0.251. The fourth-order valence-corrected chi connectivity index (χ4v) is 1.73. The normalized spacial score (nSPS) is 10.5. The fourth-order valence-electron chi connectivity index (χ4n) is 1.18. The van der Waals surface area contributed by atoms with Crippen LogP contribution in [0.4, 0.5) is 8.78 Å². The first-order valence-electron chi connectivity index (χ1n) is 3.90. The van der Waals surface area contributed by atoms with Crippen LogP contribution in [0.15, 0.2) is 16.6 Å². The predicted octanol–water partition coefficient (Wildman–Crippen LogP) is 3.06. The van der Waals surface area contributed by atoms with Crippen molar-refractivity contribution >= 4 is 21.9 Å². The van der Waals surface area contributed by atoms with Gasteiger partial charge in [-0.05, 0) is 24.6 Å². The number of carboxylic acid groups (broad SMARTS) is 1. The summed E-state index contributed by atoms with van der Waals surface area (Å²) in [6, 6.07) is 2.71. The number of hydrogen-bond acceptors (Lipinski definition) is 2.